The molecule has 8 heteroatoms. The van der Waals surface area contributed by atoms with Crippen LogP contribution in [0.1, 0.15) is 32.1 Å². The van der Waals surface area contributed by atoms with Crippen molar-refractivity contribution in [1.29, 1.82) is 0 Å². The molecule has 0 aromatic heterocycles. The van der Waals surface area contributed by atoms with Crippen molar-refractivity contribution < 1.29 is 22.8 Å². The molecule has 0 aliphatic heterocycles. The third-order valence-corrected chi connectivity index (χ3v) is 3.65. The monoisotopic (exact) mass is 309 g/mol. The number of carbonyl (C=O) groups excluding carboxylic acids is 2. The van der Waals surface area contributed by atoms with E-state index in [1.165, 1.54) is 14.1 Å². The van der Waals surface area contributed by atoms with E-state index in [1.807, 2.05) is 0 Å². The molecule has 5 nitrogen and oxygen atoms in total. The molecule has 2 amide bonds. The average Bonchev–Trinajstić information content (AvgIpc) is 2.72. The average molecular weight is 309 g/mol. The van der Waals surface area contributed by atoms with Crippen LogP contribution in [0.5, 0.6) is 0 Å². The van der Waals surface area contributed by atoms with Gasteiger partial charge in [0.15, 0.2) is 0 Å². The van der Waals surface area contributed by atoms with Gasteiger partial charge in [-0.05, 0) is 12.8 Å². The number of hydrogen-bond donors (Lipinski definition) is 1. The molecule has 21 heavy (non-hydrogen) atoms. The molecule has 1 aliphatic rings. The molecular formula is C13H22F3N3O2. The minimum absolute atomic E-state index is 0.149. The zero-order valence-electron chi connectivity index (χ0n) is 12.4. The fourth-order valence-electron chi connectivity index (χ4n) is 2.42. The zero-order valence-corrected chi connectivity index (χ0v) is 12.4. The lowest BCUT2D eigenvalue weighted by molar-refractivity contribution is -0.164. The molecule has 1 saturated carbocycles. The molecule has 0 atom stereocenters. The van der Waals surface area contributed by atoms with Crippen molar-refractivity contribution in [3.63, 3.8) is 0 Å². The van der Waals surface area contributed by atoms with Gasteiger partial charge in [0.05, 0.1) is 0 Å². The maximum Gasteiger partial charge on any atom is 0.406 e. The third-order valence-electron chi connectivity index (χ3n) is 3.65. The van der Waals surface area contributed by atoms with Crippen LogP contribution in [-0.4, -0.2) is 60.5 Å². The van der Waals surface area contributed by atoms with Crippen molar-refractivity contribution in [1.82, 2.24) is 9.80 Å². The molecule has 0 aromatic rings. The normalized spacial score (nSPS) is 17.6. The topological polar surface area (TPSA) is 66.6 Å². The summed E-state index contributed by atoms with van der Waals surface area (Å²) >= 11 is 0. The molecule has 0 unspecified atom stereocenters. The van der Waals surface area contributed by atoms with Crippen molar-refractivity contribution in [2.75, 3.05) is 27.2 Å². The van der Waals surface area contributed by atoms with E-state index in [9.17, 15) is 22.8 Å². The number of likely N-dealkylation sites (N-methyl/N-ethyl adjacent to an activating group) is 1. The van der Waals surface area contributed by atoms with Gasteiger partial charge >= 0.3 is 6.18 Å². The summed E-state index contributed by atoms with van der Waals surface area (Å²) < 4.78 is 37.7. The van der Waals surface area contributed by atoms with Crippen LogP contribution in [0.4, 0.5) is 13.2 Å². The molecular weight excluding hydrogens is 287 g/mol. The summed E-state index contributed by atoms with van der Waals surface area (Å²) in [6.45, 7) is -2.01. The van der Waals surface area contributed by atoms with Crippen LogP contribution in [0.15, 0.2) is 0 Å². The highest BCUT2D eigenvalue weighted by atomic mass is 19.4. The molecule has 1 rings (SSSR count). The van der Waals surface area contributed by atoms with Crippen LogP contribution in [0, 0.1) is 0 Å². The molecule has 0 bridgehead atoms. The van der Waals surface area contributed by atoms with Crippen LogP contribution in [-0.2, 0) is 9.59 Å². The predicted molar refractivity (Wildman–Crippen MR) is 71.3 cm³/mol. The van der Waals surface area contributed by atoms with Crippen LogP contribution >= 0.6 is 0 Å². The summed E-state index contributed by atoms with van der Waals surface area (Å²) in [6, 6.07) is 0. The number of alkyl halides is 3. The van der Waals surface area contributed by atoms with Gasteiger partial charge in [0.1, 0.15) is 13.1 Å². The van der Waals surface area contributed by atoms with Gasteiger partial charge in [-0.25, -0.2) is 0 Å². The first-order chi connectivity index (χ1) is 9.52. The number of carbonyl (C=O) groups is 2. The second-order valence-corrected chi connectivity index (χ2v) is 5.90. The van der Waals surface area contributed by atoms with Crippen molar-refractivity contribution in [2.24, 2.45) is 5.73 Å². The highest BCUT2D eigenvalue weighted by Gasteiger charge is 2.38. The van der Waals surface area contributed by atoms with Gasteiger partial charge in [-0.1, -0.05) is 12.8 Å². The quantitative estimate of drug-likeness (QED) is 0.828. The highest BCUT2D eigenvalue weighted by Crippen LogP contribution is 2.31. The van der Waals surface area contributed by atoms with E-state index < -0.39 is 36.6 Å². The Morgan fingerprint density at radius 1 is 1.14 bits per heavy atom. The van der Waals surface area contributed by atoms with Crippen LogP contribution < -0.4 is 5.73 Å². The van der Waals surface area contributed by atoms with E-state index >= 15 is 0 Å². The Kier molecular flexibility index (Phi) is 5.61. The van der Waals surface area contributed by atoms with Gasteiger partial charge < -0.3 is 15.5 Å². The van der Waals surface area contributed by atoms with E-state index in [-0.39, 0.29) is 6.42 Å². The minimum atomic E-state index is -4.54. The Balaban J connectivity index is 2.74. The van der Waals surface area contributed by atoms with Gasteiger partial charge in [-0.2, -0.15) is 13.2 Å². The smallest absolute Gasteiger partial charge is 0.347 e. The largest absolute Gasteiger partial charge is 0.406 e. The molecule has 122 valence electrons. The molecule has 0 aromatic carbocycles. The minimum Gasteiger partial charge on any atom is -0.347 e. The summed E-state index contributed by atoms with van der Waals surface area (Å²) in [5.74, 6) is -1.27. The van der Waals surface area contributed by atoms with Crippen molar-refractivity contribution in [3.05, 3.63) is 0 Å². The van der Waals surface area contributed by atoms with Gasteiger partial charge in [0.2, 0.25) is 11.8 Å². The summed E-state index contributed by atoms with van der Waals surface area (Å²) in [6.07, 6.45) is -1.69. The van der Waals surface area contributed by atoms with Gasteiger partial charge in [-0.15, -0.1) is 0 Å². The Labute approximate surface area is 122 Å². The maximum atomic E-state index is 12.6. The fraction of sp³-hybridized carbons (Fsp3) is 0.846. The number of rotatable bonds is 5. The lowest BCUT2D eigenvalue weighted by atomic mass is 9.94. The molecule has 0 spiro atoms. The number of amides is 2. The predicted octanol–water partition coefficient (Wildman–Crippen LogP) is 1.13. The van der Waals surface area contributed by atoms with E-state index in [0.29, 0.717) is 17.7 Å². The van der Waals surface area contributed by atoms with E-state index in [0.717, 1.165) is 17.7 Å². The maximum absolute atomic E-state index is 12.6. The molecule has 1 fully saturated rings. The number of hydrogen-bond acceptors (Lipinski definition) is 3. The molecule has 1 aliphatic carbocycles. The van der Waals surface area contributed by atoms with Crippen LogP contribution in [0.2, 0.25) is 0 Å². The zero-order chi connectivity index (χ0) is 16.3. The Morgan fingerprint density at radius 2 is 1.67 bits per heavy atom. The van der Waals surface area contributed by atoms with Crippen LogP contribution in [0.25, 0.3) is 0 Å². The number of halogens is 3. The van der Waals surface area contributed by atoms with Gasteiger partial charge in [0.25, 0.3) is 0 Å². The lowest BCUT2D eigenvalue weighted by Gasteiger charge is -2.29. The summed E-state index contributed by atoms with van der Waals surface area (Å²) in [7, 11) is 2.86. The van der Waals surface area contributed by atoms with E-state index in [4.69, 9.17) is 5.73 Å². The number of nitrogens with zero attached hydrogens (tertiary/aromatic N) is 2. The van der Waals surface area contributed by atoms with Gasteiger partial charge in [0, 0.05) is 26.1 Å². The summed E-state index contributed by atoms with van der Waals surface area (Å²) in [5.41, 5.74) is 5.29. The lowest BCUT2D eigenvalue weighted by Crippen LogP contribution is -2.49. The van der Waals surface area contributed by atoms with Gasteiger partial charge in [-0.3, -0.25) is 9.59 Å². The third kappa shape index (κ3) is 5.91. The second kappa shape index (κ2) is 6.64. The van der Waals surface area contributed by atoms with Crippen molar-refractivity contribution in [3.8, 4) is 0 Å². The first-order valence-electron chi connectivity index (χ1n) is 6.86. The van der Waals surface area contributed by atoms with Crippen molar-refractivity contribution >= 4 is 11.8 Å². The molecule has 2 N–H and O–H groups in total. The Hall–Kier alpha value is -1.31. The molecule has 0 radical (unpaired) electrons. The standard InChI is InChI=1S/C13H22F3N3O2/c1-18(2)11(21)8-19(9-13(14,15)16)10(20)7-12(17)5-3-4-6-12/h3-9,17H2,1-2H3. The van der Waals surface area contributed by atoms with Crippen molar-refractivity contribution in [2.45, 2.75) is 43.8 Å². The molecule has 0 saturated heterocycles. The van der Waals surface area contributed by atoms with E-state index in [2.05, 4.69) is 0 Å². The second-order valence-electron chi connectivity index (χ2n) is 5.90. The van der Waals surface area contributed by atoms with Crippen LogP contribution in [0.3, 0.4) is 0 Å². The highest BCUT2D eigenvalue weighted by molar-refractivity contribution is 5.85. The first kappa shape index (κ1) is 17.7. The SMILES string of the molecule is CN(C)C(=O)CN(CC(F)(F)F)C(=O)CC1(N)CCCC1. The first-order valence-corrected chi connectivity index (χ1v) is 6.86. The Morgan fingerprint density at radius 3 is 2.10 bits per heavy atom. The number of nitrogens with two attached hydrogens (primary N) is 1. The summed E-state index contributed by atoms with van der Waals surface area (Å²) in [5, 5.41) is 0. The molecule has 0 heterocycles. The summed E-state index contributed by atoms with van der Waals surface area (Å²) in [4.78, 5) is 25.4. The van der Waals surface area contributed by atoms with E-state index in [1.54, 1.807) is 0 Å². The Bertz CT molecular complexity index is 391. The fourth-order valence-corrected chi connectivity index (χ4v) is 2.42.